The molecular weight excluding hydrogens is 282 g/mol. The number of carbonyl (C=O) groups excluding carboxylic acids is 1. The second-order valence-electron chi connectivity index (χ2n) is 4.08. The molecule has 0 bridgehead atoms. The van der Waals surface area contributed by atoms with Gasteiger partial charge in [-0.1, -0.05) is 18.5 Å². The summed E-state index contributed by atoms with van der Waals surface area (Å²) in [6.45, 7) is 3.96. The minimum Gasteiger partial charge on any atom is -0.486 e. The maximum absolute atomic E-state index is 11.2. The molecule has 0 spiro atoms. The summed E-state index contributed by atoms with van der Waals surface area (Å²) in [6, 6.07) is 5.05. The molecule has 1 aromatic carbocycles. The second-order valence-corrected chi connectivity index (χ2v) is 5.43. The summed E-state index contributed by atoms with van der Waals surface area (Å²) >= 11 is 7.70. The largest absolute Gasteiger partial charge is 0.486 e. The van der Waals surface area contributed by atoms with Gasteiger partial charge in [0, 0.05) is 10.9 Å². The van der Waals surface area contributed by atoms with Crippen molar-refractivity contribution in [1.29, 1.82) is 0 Å². The van der Waals surface area contributed by atoms with Crippen LogP contribution >= 0.6 is 22.9 Å². The van der Waals surface area contributed by atoms with Crippen molar-refractivity contribution >= 4 is 28.7 Å². The van der Waals surface area contributed by atoms with Crippen LogP contribution in [0.15, 0.2) is 23.6 Å². The number of aromatic nitrogens is 1. The molecule has 0 saturated carbocycles. The van der Waals surface area contributed by atoms with Gasteiger partial charge < -0.3 is 4.74 Å². The van der Waals surface area contributed by atoms with Gasteiger partial charge >= 0.3 is 0 Å². The number of hydrogen-bond acceptors (Lipinski definition) is 4. The van der Waals surface area contributed by atoms with E-state index in [4.69, 9.17) is 16.3 Å². The van der Waals surface area contributed by atoms with Crippen LogP contribution in [0.3, 0.4) is 0 Å². The monoisotopic (exact) mass is 295 g/mol. The van der Waals surface area contributed by atoms with E-state index >= 15 is 0 Å². The van der Waals surface area contributed by atoms with Crippen LogP contribution in [-0.4, -0.2) is 10.8 Å². The number of ketones is 1. The van der Waals surface area contributed by atoms with E-state index in [-0.39, 0.29) is 5.78 Å². The highest BCUT2D eigenvalue weighted by molar-refractivity contribution is 7.09. The fraction of sp³-hybridized carbons (Fsp3) is 0.286. The SMILES string of the molecule is CCc1nc(COc2ccc(C(C)=O)cc2Cl)cs1. The van der Waals surface area contributed by atoms with Crippen LogP contribution in [0, 0.1) is 0 Å². The smallest absolute Gasteiger partial charge is 0.159 e. The van der Waals surface area contributed by atoms with Gasteiger partial charge in [-0.25, -0.2) is 4.98 Å². The fourth-order valence-corrected chi connectivity index (χ4v) is 2.53. The molecule has 0 radical (unpaired) electrons. The van der Waals surface area contributed by atoms with E-state index in [0.29, 0.717) is 22.9 Å². The third-order valence-corrected chi connectivity index (χ3v) is 3.95. The molecule has 0 N–H and O–H groups in total. The Kier molecular flexibility index (Phi) is 4.56. The highest BCUT2D eigenvalue weighted by atomic mass is 35.5. The molecular formula is C14H14ClNO2S. The van der Waals surface area contributed by atoms with Crippen molar-refractivity contribution in [3.8, 4) is 5.75 Å². The lowest BCUT2D eigenvalue weighted by molar-refractivity contribution is 0.101. The normalized spacial score (nSPS) is 10.5. The Morgan fingerprint density at radius 1 is 1.47 bits per heavy atom. The number of hydrogen-bond donors (Lipinski definition) is 0. The topological polar surface area (TPSA) is 39.2 Å². The lowest BCUT2D eigenvalue weighted by atomic mass is 10.1. The van der Waals surface area contributed by atoms with Crippen LogP contribution in [0.4, 0.5) is 0 Å². The predicted molar refractivity (Wildman–Crippen MR) is 77.3 cm³/mol. The summed E-state index contributed by atoms with van der Waals surface area (Å²) < 4.78 is 5.62. The number of aryl methyl sites for hydroxylation is 1. The number of carbonyl (C=O) groups is 1. The molecule has 2 rings (SSSR count). The predicted octanol–water partition coefficient (Wildman–Crippen LogP) is 4.14. The molecule has 0 atom stereocenters. The summed E-state index contributed by atoms with van der Waals surface area (Å²) in [5, 5.41) is 3.52. The molecule has 0 unspecified atom stereocenters. The zero-order valence-corrected chi connectivity index (χ0v) is 12.3. The summed E-state index contributed by atoms with van der Waals surface area (Å²) in [5.74, 6) is 0.554. The molecule has 5 heteroatoms. The highest BCUT2D eigenvalue weighted by Gasteiger charge is 2.07. The Bertz CT molecular complexity index is 595. The number of nitrogens with zero attached hydrogens (tertiary/aromatic N) is 1. The Morgan fingerprint density at radius 2 is 2.26 bits per heavy atom. The van der Waals surface area contributed by atoms with Gasteiger partial charge in [0.15, 0.2) is 5.78 Å². The van der Waals surface area contributed by atoms with Gasteiger partial charge in [-0.2, -0.15) is 0 Å². The molecule has 0 aliphatic heterocycles. The number of halogens is 1. The fourth-order valence-electron chi connectivity index (χ4n) is 1.57. The van der Waals surface area contributed by atoms with Crippen LogP contribution in [0.2, 0.25) is 5.02 Å². The minimum atomic E-state index is -0.0134. The number of Topliss-reactive ketones (excluding diaryl/α,β-unsaturated/α-hetero) is 1. The molecule has 0 aliphatic rings. The Balaban J connectivity index is 2.05. The van der Waals surface area contributed by atoms with Crippen molar-refractivity contribution in [2.24, 2.45) is 0 Å². The van der Waals surface area contributed by atoms with Gasteiger partial charge in [0.1, 0.15) is 12.4 Å². The van der Waals surface area contributed by atoms with Crippen LogP contribution in [0.5, 0.6) is 5.75 Å². The quantitative estimate of drug-likeness (QED) is 0.778. The van der Waals surface area contributed by atoms with E-state index in [1.807, 2.05) is 5.38 Å². The van der Waals surface area contributed by atoms with Crippen molar-refractivity contribution in [2.45, 2.75) is 26.9 Å². The van der Waals surface area contributed by atoms with Gasteiger partial charge in [0.2, 0.25) is 0 Å². The number of ether oxygens (including phenoxy) is 1. The van der Waals surface area contributed by atoms with Gasteiger partial charge in [-0.05, 0) is 31.5 Å². The van der Waals surface area contributed by atoms with E-state index in [1.165, 1.54) is 6.92 Å². The van der Waals surface area contributed by atoms with Gasteiger partial charge in [0.05, 0.1) is 15.7 Å². The minimum absolute atomic E-state index is 0.0134. The van der Waals surface area contributed by atoms with Crippen LogP contribution in [-0.2, 0) is 13.0 Å². The van der Waals surface area contributed by atoms with Crippen LogP contribution in [0.1, 0.15) is 34.9 Å². The maximum atomic E-state index is 11.2. The zero-order valence-electron chi connectivity index (χ0n) is 10.8. The third-order valence-electron chi connectivity index (χ3n) is 2.62. The van der Waals surface area contributed by atoms with Gasteiger partial charge in [0.25, 0.3) is 0 Å². The first-order valence-corrected chi connectivity index (χ1v) is 7.22. The second kappa shape index (κ2) is 6.17. The van der Waals surface area contributed by atoms with E-state index in [1.54, 1.807) is 29.5 Å². The Hall–Kier alpha value is -1.39. The zero-order chi connectivity index (χ0) is 13.8. The average Bonchev–Trinajstić information content (AvgIpc) is 2.85. The lowest BCUT2D eigenvalue weighted by Gasteiger charge is -2.07. The van der Waals surface area contributed by atoms with E-state index < -0.39 is 0 Å². The van der Waals surface area contributed by atoms with Gasteiger partial charge in [-0.3, -0.25) is 4.79 Å². The first-order chi connectivity index (χ1) is 9.10. The lowest BCUT2D eigenvalue weighted by Crippen LogP contribution is -1.98. The molecule has 0 amide bonds. The standard InChI is InChI=1S/C14H14ClNO2S/c1-3-14-16-11(8-19-14)7-18-13-5-4-10(9(2)17)6-12(13)15/h4-6,8H,3,7H2,1-2H3. The average molecular weight is 296 g/mol. The Labute approximate surface area is 121 Å². The van der Waals surface area contributed by atoms with Crippen LogP contribution in [0.25, 0.3) is 0 Å². The van der Waals surface area contributed by atoms with Crippen molar-refractivity contribution in [1.82, 2.24) is 4.98 Å². The maximum Gasteiger partial charge on any atom is 0.159 e. The molecule has 0 saturated heterocycles. The summed E-state index contributed by atoms with van der Waals surface area (Å²) in [4.78, 5) is 15.6. The summed E-state index contributed by atoms with van der Waals surface area (Å²) in [5.41, 5.74) is 1.48. The van der Waals surface area contributed by atoms with Gasteiger partial charge in [-0.15, -0.1) is 11.3 Å². The summed E-state index contributed by atoms with van der Waals surface area (Å²) in [7, 11) is 0. The third kappa shape index (κ3) is 3.55. The number of rotatable bonds is 5. The van der Waals surface area contributed by atoms with Crippen molar-refractivity contribution in [2.75, 3.05) is 0 Å². The highest BCUT2D eigenvalue weighted by Crippen LogP contribution is 2.26. The first kappa shape index (κ1) is 14.0. The summed E-state index contributed by atoms with van der Waals surface area (Å²) in [6.07, 6.45) is 0.929. The van der Waals surface area contributed by atoms with E-state index in [0.717, 1.165) is 17.1 Å². The molecule has 3 nitrogen and oxygen atoms in total. The molecule has 19 heavy (non-hydrogen) atoms. The Morgan fingerprint density at radius 3 is 2.84 bits per heavy atom. The number of thiazole rings is 1. The van der Waals surface area contributed by atoms with Crippen molar-refractivity contribution in [3.63, 3.8) is 0 Å². The van der Waals surface area contributed by atoms with E-state index in [9.17, 15) is 4.79 Å². The first-order valence-electron chi connectivity index (χ1n) is 5.96. The molecule has 2 aromatic rings. The van der Waals surface area contributed by atoms with Crippen molar-refractivity contribution in [3.05, 3.63) is 44.9 Å². The molecule has 0 fully saturated rings. The number of benzene rings is 1. The molecule has 0 aliphatic carbocycles. The van der Waals surface area contributed by atoms with E-state index in [2.05, 4.69) is 11.9 Å². The molecule has 1 heterocycles. The van der Waals surface area contributed by atoms with Crippen LogP contribution < -0.4 is 4.74 Å². The molecule has 1 aromatic heterocycles. The molecule has 100 valence electrons. The van der Waals surface area contributed by atoms with Crippen molar-refractivity contribution < 1.29 is 9.53 Å².